The summed E-state index contributed by atoms with van der Waals surface area (Å²) in [6.45, 7) is 5.06. The molecule has 0 unspecified atom stereocenters. The van der Waals surface area contributed by atoms with Gasteiger partial charge in [-0.15, -0.1) is 0 Å². The van der Waals surface area contributed by atoms with Crippen molar-refractivity contribution in [2.24, 2.45) is 0 Å². The molecule has 30 heavy (non-hydrogen) atoms. The fourth-order valence-corrected chi connectivity index (χ4v) is 3.50. The number of halogens is 1. The molecule has 1 N–H and O–H groups in total. The van der Waals surface area contributed by atoms with E-state index < -0.39 is 0 Å². The molecule has 0 bridgehead atoms. The summed E-state index contributed by atoms with van der Waals surface area (Å²) in [5.74, 6) is -0.179. The number of aromatic nitrogens is 3. The molecule has 152 valence electrons. The fourth-order valence-electron chi connectivity index (χ4n) is 3.38. The van der Waals surface area contributed by atoms with E-state index in [0.717, 1.165) is 5.56 Å². The topological polar surface area (TPSA) is 90.0 Å². The molecule has 2 aromatic carbocycles. The standard InChI is InChI=1S/C22H19ClN4O3/c1-12-19-21(30-26-12)20(16-5-4-6-18(11-16)24-14(3)28)25-27(22(19)29)13(2)15-7-9-17(23)10-8-15/h4-11,13H,1-3H3,(H,24,28)/t13-/m1/s1. The Morgan fingerprint density at radius 3 is 2.63 bits per heavy atom. The first-order valence-corrected chi connectivity index (χ1v) is 9.75. The van der Waals surface area contributed by atoms with Gasteiger partial charge in [0, 0.05) is 23.2 Å². The average molecular weight is 423 g/mol. The van der Waals surface area contributed by atoms with Crippen LogP contribution in [0, 0.1) is 6.92 Å². The van der Waals surface area contributed by atoms with Gasteiger partial charge in [0.2, 0.25) is 11.5 Å². The van der Waals surface area contributed by atoms with Crippen LogP contribution >= 0.6 is 11.6 Å². The monoisotopic (exact) mass is 422 g/mol. The second kappa shape index (κ2) is 7.76. The number of rotatable bonds is 4. The van der Waals surface area contributed by atoms with Crippen molar-refractivity contribution in [3.8, 4) is 11.3 Å². The van der Waals surface area contributed by atoms with E-state index >= 15 is 0 Å². The summed E-state index contributed by atoms with van der Waals surface area (Å²) in [7, 11) is 0. The number of nitrogens with one attached hydrogen (secondary N) is 1. The number of nitrogens with zero attached hydrogens (tertiary/aromatic N) is 3. The summed E-state index contributed by atoms with van der Waals surface area (Å²) in [5, 5.41) is 12.4. The van der Waals surface area contributed by atoms with Crippen LogP contribution in [0.5, 0.6) is 0 Å². The first-order chi connectivity index (χ1) is 14.3. The number of carbonyl (C=O) groups is 1. The maximum Gasteiger partial charge on any atom is 0.280 e. The third kappa shape index (κ3) is 3.59. The van der Waals surface area contributed by atoms with E-state index in [1.54, 1.807) is 37.3 Å². The molecule has 7 nitrogen and oxygen atoms in total. The van der Waals surface area contributed by atoms with Crippen molar-refractivity contribution in [2.45, 2.75) is 26.8 Å². The molecule has 0 aliphatic carbocycles. The van der Waals surface area contributed by atoms with Gasteiger partial charge in [0.05, 0.1) is 11.7 Å². The van der Waals surface area contributed by atoms with Crippen molar-refractivity contribution in [1.29, 1.82) is 0 Å². The normalized spacial score (nSPS) is 12.1. The largest absolute Gasteiger partial charge is 0.353 e. The molecule has 0 radical (unpaired) electrons. The zero-order chi connectivity index (χ0) is 21.4. The Bertz CT molecular complexity index is 1310. The highest BCUT2D eigenvalue weighted by Gasteiger charge is 2.22. The van der Waals surface area contributed by atoms with Crippen LogP contribution in [-0.4, -0.2) is 20.8 Å². The third-order valence-electron chi connectivity index (χ3n) is 4.88. The van der Waals surface area contributed by atoms with E-state index in [0.29, 0.717) is 38.6 Å². The van der Waals surface area contributed by atoms with E-state index in [1.165, 1.54) is 11.6 Å². The summed E-state index contributed by atoms with van der Waals surface area (Å²) in [4.78, 5) is 24.6. The molecular formula is C22H19ClN4O3. The number of hydrogen-bond donors (Lipinski definition) is 1. The van der Waals surface area contributed by atoms with Crippen molar-refractivity contribution in [1.82, 2.24) is 14.9 Å². The Morgan fingerprint density at radius 2 is 1.93 bits per heavy atom. The highest BCUT2D eigenvalue weighted by atomic mass is 35.5. The molecule has 1 amide bonds. The van der Waals surface area contributed by atoms with Crippen molar-refractivity contribution < 1.29 is 9.32 Å². The molecule has 8 heteroatoms. The van der Waals surface area contributed by atoms with Crippen LogP contribution in [0.1, 0.15) is 31.1 Å². The van der Waals surface area contributed by atoms with Crippen LogP contribution in [0.25, 0.3) is 22.2 Å². The number of aryl methyl sites for hydroxylation is 1. The predicted molar refractivity (Wildman–Crippen MR) is 116 cm³/mol. The number of anilines is 1. The van der Waals surface area contributed by atoms with Gasteiger partial charge < -0.3 is 9.84 Å². The molecule has 2 aromatic heterocycles. The number of hydrogen-bond acceptors (Lipinski definition) is 5. The molecule has 1 atom stereocenters. The smallest absolute Gasteiger partial charge is 0.280 e. The van der Waals surface area contributed by atoms with E-state index in [9.17, 15) is 9.59 Å². The second-order valence-electron chi connectivity index (χ2n) is 7.06. The maximum atomic E-state index is 13.2. The van der Waals surface area contributed by atoms with Crippen molar-refractivity contribution in [3.05, 3.63) is 75.2 Å². The van der Waals surface area contributed by atoms with Gasteiger partial charge in [0.25, 0.3) is 5.56 Å². The van der Waals surface area contributed by atoms with Gasteiger partial charge in [0.1, 0.15) is 11.1 Å². The van der Waals surface area contributed by atoms with Gasteiger partial charge in [-0.25, -0.2) is 4.68 Å². The summed E-state index contributed by atoms with van der Waals surface area (Å²) < 4.78 is 6.89. The summed E-state index contributed by atoms with van der Waals surface area (Å²) in [5.41, 5.74) is 3.20. The fraction of sp³-hybridized carbons (Fsp3) is 0.182. The van der Waals surface area contributed by atoms with Gasteiger partial charge in [-0.3, -0.25) is 9.59 Å². The van der Waals surface area contributed by atoms with Gasteiger partial charge >= 0.3 is 0 Å². The molecule has 0 aliphatic heterocycles. The molecule has 0 fully saturated rings. The third-order valence-corrected chi connectivity index (χ3v) is 5.14. The van der Waals surface area contributed by atoms with E-state index in [1.807, 2.05) is 25.1 Å². The number of amides is 1. The summed E-state index contributed by atoms with van der Waals surface area (Å²) in [6.07, 6.45) is 0. The Balaban J connectivity index is 1.93. The molecule has 4 rings (SSSR count). The molecule has 0 aliphatic rings. The quantitative estimate of drug-likeness (QED) is 0.519. The van der Waals surface area contributed by atoms with Crippen LogP contribution in [0.4, 0.5) is 5.69 Å². The minimum atomic E-state index is -0.342. The zero-order valence-corrected chi connectivity index (χ0v) is 17.4. The molecule has 0 saturated heterocycles. The highest BCUT2D eigenvalue weighted by molar-refractivity contribution is 6.30. The number of benzene rings is 2. The lowest BCUT2D eigenvalue weighted by atomic mass is 10.1. The second-order valence-corrected chi connectivity index (χ2v) is 7.50. The van der Waals surface area contributed by atoms with E-state index in [2.05, 4.69) is 15.6 Å². The lowest BCUT2D eigenvalue weighted by Gasteiger charge is -2.16. The first-order valence-electron chi connectivity index (χ1n) is 9.37. The predicted octanol–water partition coefficient (Wildman–Crippen LogP) is 4.58. The van der Waals surface area contributed by atoms with E-state index in [4.69, 9.17) is 16.1 Å². The minimum absolute atomic E-state index is 0.179. The SMILES string of the molecule is CC(=O)Nc1cccc(-c2nn([C@H](C)c3ccc(Cl)cc3)c(=O)c3c(C)noc23)c1. The maximum absolute atomic E-state index is 13.2. The molecule has 0 spiro atoms. The summed E-state index contributed by atoms with van der Waals surface area (Å²) >= 11 is 6.00. The van der Waals surface area contributed by atoms with Gasteiger partial charge in [0.15, 0.2) is 0 Å². The molecular weight excluding hydrogens is 404 g/mol. The zero-order valence-electron chi connectivity index (χ0n) is 16.6. The Kier molecular flexibility index (Phi) is 5.13. The van der Waals surface area contributed by atoms with Crippen molar-refractivity contribution >= 4 is 34.2 Å². The van der Waals surface area contributed by atoms with Crippen LogP contribution in [0.15, 0.2) is 57.8 Å². The van der Waals surface area contributed by atoms with E-state index in [-0.39, 0.29) is 17.5 Å². The number of fused-ring (bicyclic) bond motifs is 1. The van der Waals surface area contributed by atoms with Gasteiger partial charge in [-0.05, 0) is 43.7 Å². The Morgan fingerprint density at radius 1 is 1.20 bits per heavy atom. The first kappa shape index (κ1) is 19.8. The van der Waals surface area contributed by atoms with Gasteiger partial charge in [-0.2, -0.15) is 5.10 Å². The lowest BCUT2D eigenvalue weighted by molar-refractivity contribution is -0.114. The van der Waals surface area contributed by atoms with Crippen LogP contribution < -0.4 is 10.9 Å². The van der Waals surface area contributed by atoms with Gasteiger partial charge in [-0.1, -0.05) is 41.0 Å². The Labute approximate surface area is 177 Å². The van der Waals surface area contributed by atoms with Crippen molar-refractivity contribution in [3.63, 3.8) is 0 Å². The molecule has 0 saturated carbocycles. The molecule has 2 heterocycles. The van der Waals surface area contributed by atoms with Crippen LogP contribution in [0.2, 0.25) is 5.02 Å². The lowest BCUT2D eigenvalue weighted by Crippen LogP contribution is -2.27. The van der Waals surface area contributed by atoms with Crippen LogP contribution in [-0.2, 0) is 4.79 Å². The Hall–Kier alpha value is -3.45. The van der Waals surface area contributed by atoms with Crippen molar-refractivity contribution in [2.75, 3.05) is 5.32 Å². The minimum Gasteiger partial charge on any atom is -0.353 e. The highest BCUT2D eigenvalue weighted by Crippen LogP contribution is 2.29. The molecule has 4 aromatic rings. The van der Waals surface area contributed by atoms with Crippen LogP contribution in [0.3, 0.4) is 0 Å². The number of carbonyl (C=O) groups excluding carboxylic acids is 1. The average Bonchev–Trinajstić information content (AvgIpc) is 3.10. The summed E-state index contributed by atoms with van der Waals surface area (Å²) in [6, 6.07) is 14.1.